The fourth-order valence-corrected chi connectivity index (χ4v) is 3.34. The van der Waals surface area contributed by atoms with Gasteiger partial charge in [0.25, 0.3) is 0 Å². The predicted octanol–water partition coefficient (Wildman–Crippen LogP) is 4.47. The highest BCUT2D eigenvalue weighted by Crippen LogP contribution is 2.30. The number of methoxy groups -OCH3 is 1. The van der Waals surface area contributed by atoms with E-state index in [9.17, 15) is 0 Å². The smallest absolute Gasteiger partial charge is 0.122 e. The Morgan fingerprint density at radius 2 is 2.05 bits per heavy atom. The topological polar surface area (TPSA) is 21.3 Å². The number of hydrogen-bond donors (Lipinski definition) is 1. The van der Waals surface area contributed by atoms with Gasteiger partial charge in [0.15, 0.2) is 0 Å². The van der Waals surface area contributed by atoms with Crippen molar-refractivity contribution < 1.29 is 4.74 Å². The van der Waals surface area contributed by atoms with Crippen LogP contribution in [0.5, 0.6) is 5.75 Å². The van der Waals surface area contributed by atoms with Gasteiger partial charge in [-0.1, -0.05) is 28.1 Å². The Bertz CT molecular complexity index is 574. The Morgan fingerprint density at radius 3 is 2.80 bits per heavy atom. The van der Waals surface area contributed by atoms with Crippen LogP contribution in [0.15, 0.2) is 51.8 Å². The molecular formula is C16H18BrNOS. The molecule has 0 radical (unpaired) electrons. The fourth-order valence-electron chi connectivity index (χ4n) is 1.97. The molecule has 0 spiro atoms. The molecular weight excluding hydrogens is 334 g/mol. The zero-order valence-electron chi connectivity index (χ0n) is 11.7. The van der Waals surface area contributed by atoms with Crippen molar-refractivity contribution in [1.82, 2.24) is 5.32 Å². The lowest BCUT2D eigenvalue weighted by atomic mass is 10.2. The third-order valence-corrected chi connectivity index (χ3v) is 4.45. The number of hydrogen-bond acceptors (Lipinski definition) is 3. The zero-order chi connectivity index (χ0) is 14.4. The molecule has 0 heterocycles. The average molecular weight is 352 g/mol. The summed E-state index contributed by atoms with van der Waals surface area (Å²) < 4.78 is 6.49. The van der Waals surface area contributed by atoms with E-state index >= 15 is 0 Å². The van der Waals surface area contributed by atoms with Crippen molar-refractivity contribution >= 4 is 27.7 Å². The van der Waals surface area contributed by atoms with Crippen molar-refractivity contribution in [3.8, 4) is 5.75 Å². The summed E-state index contributed by atoms with van der Waals surface area (Å²) in [6.45, 7) is 0.897. The third kappa shape index (κ3) is 4.27. The summed E-state index contributed by atoms with van der Waals surface area (Å²) in [6, 6.07) is 14.7. The summed E-state index contributed by atoms with van der Waals surface area (Å²) in [5.41, 5.74) is 2.50. The molecule has 2 nitrogen and oxygen atoms in total. The molecule has 2 aromatic carbocycles. The monoisotopic (exact) mass is 351 g/mol. The molecule has 4 heteroatoms. The second kappa shape index (κ2) is 7.72. The minimum absolute atomic E-state index is 0.894. The van der Waals surface area contributed by atoms with Crippen molar-refractivity contribution in [2.45, 2.75) is 17.2 Å². The minimum atomic E-state index is 0.894. The van der Waals surface area contributed by atoms with Crippen LogP contribution in [0.3, 0.4) is 0 Å². The van der Waals surface area contributed by atoms with Gasteiger partial charge in [-0.2, -0.15) is 0 Å². The molecule has 106 valence electrons. The fraction of sp³-hybridized carbons (Fsp3) is 0.250. The van der Waals surface area contributed by atoms with E-state index in [4.69, 9.17) is 4.74 Å². The Morgan fingerprint density at radius 1 is 1.20 bits per heavy atom. The second-order valence-corrected chi connectivity index (χ2v) is 6.39. The van der Waals surface area contributed by atoms with Crippen LogP contribution in [0.4, 0.5) is 0 Å². The van der Waals surface area contributed by atoms with E-state index in [-0.39, 0.29) is 0 Å². The molecule has 0 amide bonds. The van der Waals surface area contributed by atoms with Gasteiger partial charge in [-0.15, -0.1) is 11.8 Å². The lowest BCUT2D eigenvalue weighted by Crippen LogP contribution is -2.04. The summed E-state index contributed by atoms with van der Waals surface area (Å²) in [5, 5.41) is 3.18. The van der Waals surface area contributed by atoms with Gasteiger partial charge in [-0.05, 0) is 42.9 Å². The van der Waals surface area contributed by atoms with Gasteiger partial charge in [0.2, 0.25) is 0 Å². The van der Waals surface area contributed by atoms with E-state index in [2.05, 4.69) is 51.6 Å². The number of ether oxygens (including phenoxy) is 1. The third-order valence-electron chi connectivity index (χ3n) is 2.92. The van der Waals surface area contributed by atoms with Gasteiger partial charge in [0.05, 0.1) is 7.11 Å². The molecule has 0 aliphatic rings. The average Bonchev–Trinajstić information content (AvgIpc) is 2.46. The van der Waals surface area contributed by atoms with Crippen LogP contribution < -0.4 is 10.1 Å². The number of thioether (sulfide) groups is 1. The van der Waals surface area contributed by atoms with Crippen LogP contribution in [0.25, 0.3) is 0 Å². The number of nitrogens with one attached hydrogen (secondary N) is 1. The summed E-state index contributed by atoms with van der Waals surface area (Å²) >= 11 is 5.33. The first-order valence-corrected chi connectivity index (χ1v) is 8.19. The molecule has 0 saturated heterocycles. The van der Waals surface area contributed by atoms with E-state index in [0.29, 0.717) is 0 Å². The minimum Gasteiger partial charge on any atom is -0.496 e. The van der Waals surface area contributed by atoms with Gasteiger partial charge in [-0.25, -0.2) is 0 Å². The van der Waals surface area contributed by atoms with Crippen LogP contribution >= 0.6 is 27.7 Å². The van der Waals surface area contributed by atoms with E-state index in [1.807, 2.05) is 30.9 Å². The molecule has 0 saturated carbocycles. The van der Waals surface area contributed by atoms with Crippen molar-refractivity contribution in [3.05, 3.63) is 58.1 Å². The van der Waals surface area contributed by atoms with E-state index in [1.54, 1.807) is 7.11 Å². The van der Waals surface area contributed by atoms with Crippen molar-refractivity contribution in [3.63, 3.8) is 0 Å². The van der Waals surface area contributed by atoms with Crippen molar-refractivity contribution in [2.24, 2.45) is 0 Å². The standard InChI is InChI=1S/C16H18BrNOS/c1-18-10-12-4-3-5-15(8-12)20-11-13-9-14(17)6-7-16(13)19-2/h3-9,18H,10-11H2,1-2H3. The van der Waals surface area contributed by atoms with Gasteiger partial charge in [-0.3, -0.25) is 0 Å². The molecule has 20 heavy (non-hydrogen) atoms. The largest absolute Gasteiger partial charge is 0.496 e. The zero-order valence-corrected chi connectivity index (χ0v) is 14.1. The summed E-state index contributed by atoms with van der Waals surface area (Å²) in [7, 11) is 3.68. The van der Waals surface area contributed by atoms with Gasteiger partial charge < -0.3 is 10.1 Å². The van der Waals surface area contributed by atoms with Crippen LogP contribution in [0.1, 0.15) is 11.1 Å². The Kier molecular flexibility index (Phi) is 5.95. The maximum Gasteiger partial charge on any atom is 0.122 e. The first-order chi connectivity index (χ1) is 9.72. The molecule has 0 aromatic heterocycles. The summed E-state index contributed by atoms with van der Waals surface area (Å²) in [5.74, 6) is 1.83. The van der Waals surface area contributed by atoms with Crippen LogP contribution in [0, 0.1) is 0 Å². The molecule has 0 aliphatic heterocycles. The quantitative estimate of drug-likeness (QED) is 0.775. The van der Waals surface area contributed by atoms with Crippen molar-refractivity contribution in [1.29, 1.82) is 0 Å². The molecule has 0 aliphatic carbocycles. The highest BCUT2D eigenvalue weighted by molar-refractivity contribution is 9.10. The molecule has 0 unspecified atom stereocenters. The van der Waals surface area contributed by atoms with Gasteiger partial charge in [0, 0.05) is 27.2 Å². The lowest BCUT2D eigenvalue weighted by molar-refractivity contribution is 0.411. The Labute approximate surface area is 133 Å². The normalized spacial score (nSPS) is 10.6. The first-order valence-electron chi connectivity index (χ1n) is 6.41. The first kappa shape index (κ1) is 15.4. The molecule has 0 fully saturated rings. The van der Waals surface area contributed by atoms with Crippen LogP contribution in [-0.2, 0) is 12.3 Å². The molecule has 2 aromatic rings. The van der Waals surface area contributed by atoms with E-state index < -0.39 is 0 Å². The van der Waals surface area contributed by atoms with E-state index in [0.717, 1.165) is 22.5 Å². The molecule has 1 N–H and O–H groups in total. The maximum absolute atomic E-state index is 5.41. The summed E-state index contributed by atoms with van der Waals surface area (Å²) in [4.78, 5) is 1.28. The molecule has 0 atom stereocenters. The van der Waals surface area contributed by atoms with Gasteiger partial charge >= 0.3 is 0 Å². The van der Waals surface area contributed by atoms with Crippen molar-refractivity contribution in [2.75, 3.05) is 14.2 Å². The summed E-state index contributed by atoms with van der Waals surface area (Å²) in [6.07, 6.45) is 0. The second-order valence-electron chi connectivity index (χ2n) is 4.42. The molecule has 2 rings (SSSR count). The highest BCUT2D eigenvalue weighted by atomic mass is 79.9. The van der Waals surface area contributed by atoms with Crippen LogP contribution in [-0.4, -0.2) is 14.2 Å². The number of benzene rings is 2. The Hall–Kier alpha value is -0.970. The number of rotatable bonds is 6. The van der Waals surface area contributed by atoms with E-state index in [1.165, 1.54) is 16.0 Å². The molecule has 0 bridgehead atoms. The lowest BCUT2D eigenvalue weighted by Gasteiger charge is -2.09. The SMILES string of the molecule is CNCc1cccc(SCc2cc(Br)ccc2OC)c1. The maximum atomic E-state index is 5.41. The Balaban J connectivity index is 2.08. The highest BCUT2D eigenvalue weighted by Gasteiger charge is 2.05. The van der Waals surface area contributed by atoms with Crippen LogP contribution in [0.2, 0.25) is 0 Å². The number of halogens is 1. The predicted molar refractivity (Wildman–Crippen MR) is 89.5 cm³/mol. The van der Waals surface area contributed by atoms with Gasteiger partial charge in [0.1, 0.15) is 5.75 Å².